The predicted molar refractivity (Wildman–Crippen MR) is 73.5 cm³/mol. The van der Waals surface area contributed by atoms with Gasteiger partial charge in [-0.1, -0.05) is 32.3 Å². The number of hydrogen-bond acceptors (Lipinski definition) is 2. The Kier molecular flexibility index (Phi) is 4.84. The molecule has 2 nitrogen and oxygen atoms in total. The molecule has 1 aliphatic heterocycles. The largest absolute Gasteiger partial charge is 0.357 e. The average molecular weight is 232 g/mol. The van der Waals surface area contributed by atoms with E-state index in [4.69, 9.17) is 0 Å². The van der Waals surface area contributed by atoms with Crippen molar-refractivity contribution in [3.8, 4) is 0 Å². The second kappa shape index (κ2) is 6.63. The van der Waals surface area contributed by atoms with Crippen molar-refractivity contribution >= 4 is 5.82 Å². The molecule has 0 aliphatic carbocycles. The second-order valence-corrected chi connectivity index (χ2v) is 5.03. The lowest BCUT2D eigenvalue weighted by atomic mass is 10.1. The van der Waals surface area contributed by atoms with Crippen LogP contribution < -0.4 is 4.90 Å². The lowest BCUT2D eigenvalue weighted by Gasteiger charge is -2.16. The van der Waals surface area contributed by atoms with Crippen LogP contribution in [0.25, 0.3) is 0 Å². The molecule has 94 valence electrons. The maximum absolute atomic E-state index is 4.59. The fraction of sp³-hybridized carbons (Fsp3) is 0.667. The summed E-state index contributed by atoms with van der Waals surface area (Å²) < 4.78 is 0. The van der Waals surface area contributed by atoms with E-state index in [0.717, 1.165) is 0 Å². The van der Waals surface area contributed by atoms with E-state index in [1.165, 1.54) is 69.4 Å². The molecule has 0 amide bonds. The molecule has 2 heteroatoms. The van der Waals surface area contributed by atoms with E-state index >= 15 is 0 Å². The first-order valence-electron chi connectivity index (χ1n) is 7.10. The van der Waals surface area contributed by atoms with Crippen molar-refractivity contribution in [1.29, 1.82) is 0 Å². The molecule has 1 aromatic heterocycles. The number of nitrogens with zero attached hydrogens (tertiary/aromatic N) is 2. The van der Waals surface area contributed by atoms with Crippen LogP contribution in [-0.4, -0.2) is 18.1 Å². The smallest absolute Gasteiger partial charge is 0.128 e. The van der Waals surface area contributed by atoms with Crippen molar-refractivity contribution in [2.24, 2.45) is 0 Å². The minimum absolute atomic E-state index is 1.17. The Balaban J connectivity index is 1.80. The number of aryl methyl sites for hydroxylation is 1. The number of pyridine rings is 1. The molecule has 0 atom stereocenters. The van der Waals surface area contributed by atoms with Crippen LogP contribution in [-0.2, 0) is 6.42 Å². The SMILES string of the molecule is CCCCCCc1ccc(N2CCCC2)nc1. The van der Waals surface area contributed by atoms with Gasteiger partial charge in [-0.25, -0.2) is 4.98 Å². The van der Waals surface area contributed by atoms with Crippen LogP contribution in [0.2, 0.25) is 0 Å². The highest BCUT2D eigenvalue weighted by atomic mass is 15.2. The zero-order chi connectivity index (χ0) is 11.9. The van der Waals surface area contributed by atoms with Gasteiger partial charge in [-0.15, -0.1) is 0 Å². The van der Waals surface area contributed by atoms with Crippen molar-refractivity contribution in [1.82, 2.24) is 4.98 Å². The summed E-state index contributed by atoms with van der Waals surface area (Å²) in [6.45, 7) is 4.62. The molecule has 0 unspecified atom stereocenters. The summed E-state index contributed by atoms with van der Waals surface area (Å²) in [6.07, 6.45) is 11.2. The molecule has 2 heterocycles. The van der Waals surface area contributed by atoms with Crippen LogP contribution in [0, 0.1) is 0 Å². The van der Waals surface area contributed by atoms with Crippen LogP contribution in [0.3, 0.4) is 0 Å². The van der Waals surface area contributed by atoms with Crippen LogP contribution in [0.15, 0.2) is 18.3 Å². The number of aromatic nitrogens is 1. The highest BCUT2D eigenvalue weighted by molar-refractivity contribution is 5.40. The van der Waals surface area contributed by atoms with Crippen molar-refractivity contribution in [3.63, 3.8) is 0 Å². The van der Waals surface area contributed by atoms with Gasteiger partial charge >= 0.3 is 0 Å². The van der Waals surface area contributed by atoms with Gasteiger partial charge < -0.3 is 4.90 Å². The zero-order valence-electron chi connectivity index (χ0n) is 11.0. The topological polar surface area (TPSA) is 16.1 Å². The summed E-state index contributed by atoms with van der Waals surface area (Å²) in [4.78, 5) is 6.98. The average Bonchev–Trinajstić information content (AvgIpc) is 2.89. The van der Waals surface area contributed by atoms with Gasteiger partial charge in [-0.2, -0.15) is 0 Å². The summed E-state index contributed by atoms with van der Waals surface area (Å²) in [5.41, 5.74) is 1.39. The summed E-state index contributed by atoms with van der Waals surface area (Å²) in [5, 5.41) is 0. The first-order chi connectivity index (χ1) is 8.40. The molecule has 0 bridgehead atoms. The van der Waals surface area contributed by atoms with Gasteiger partial charge in [-0.3, -0.25) is 0 Å². The molecule has 0 N–H and O–H groups in total. The number of unbranched alkanes of at least 4 members (excludes halogenated alkanes) is 3. The van der Waals surface area contributed by atoms with Crippen molar-refractivity contribution in [2.75, 3.05) is 18.0 Å². The van der Waals surface area contributed by atoms with Crippen molar-refractivity contribution < 1.29 is 0 Å². The molecule has 1 saturated heterocycles. The molecule has 1 aliphatic rings. The van der Waals surface area contributed by atoms with E-state index in [-0.39, 0.29) is 0 Å². The van der Waals surface area contributed by atoms with Gasteiger partial charge in [0.25, 0.3) is 0 Å². The highest BCUT2D eigenvalue weighted by Gasteiger charge is 2.12. The fourth-order valence-corrected chi connectivity index (χ4v) is 2.45. The third kappa shape index (κ3) is 3.72. The van der Waals surface area contributed by atoms with Gasteiger partial charge in [0.15, 0.2) is 0 Å². The predicted octanol–water partition coefficient (Wildman–Crippen LogP) is 3.80. The Hall–Kier alpha value is -1.05. The Bertz CT molecular complexity index is 312. The van der Waals surface area contributed by atoms with Gasteiger partial charge in [0, 0.05) is 19.3 Å². The standard InChI is InChI=1S/C15H24N2/c1-2-3-4-5-8-14-9-10-15(16-13-14)17-11-6-7-12-17/h9-10,13H,2-8,11-12H2,1H3. The normalized spacial score (nSPS) is 15.5. The molecule has 1 fully saturated rings. The Labute approximate surface area is 105 Å². The first kappa shape index (κ1) is 12.4. The summed E-state index contributed by atoms with van der Waals surface area (Å²) in [5.74, 6) is 1.17. The summed E-state index contributed by atoms with van der Waals surface area (Å²) >= 11 is 0. The molecular weight excluding hydrogens is 208 g/mol. The Morgan fingerprint density at radius 1 is 1.12 bits per heavy atom. The van der Waals surface area contributed by atoms with Crippen molar-refractivity contribution in [3.05, 3.63) is 23.9 Å². The third-order valence-electron chi connectivity index (χ3n) is 3.56. The quantitative estimate of drug-likeness (QED) is 0.693. The van der Waals surface area contributed by atoms with Crippen LogP contribution in [0.5, 0.6) is 0 Å². The summed E-state index contributed by atoms with van der Waals surface area (Å²) in [7, 11) is 0. The molecule has 0 spiro atoms. The first-order valence-corrected chi connectivity index (χ1v) is 7.10. The number of rotatable bonds is 6. The van der Waals surface area contributed by atoms with Gasteiger partial charge in [0.05, 0.1) is 0 Å². The third-order valence-corrected chi connectivity index (χ3v) is 3.56. The molecule has 0 aromatic carbocycles. The van der Waals surface area contributed by atoms with E-state index in [9.17, 15) is 0 Å². The Morgan fingerprint density at radius 3 is 2.59 bits per heavy atom. The van der Waals surface area contributed by atoms with Gasteiger partial charge in [0.2, 0.25) is 0 Å². The van der Waals surface area contributed by atoms with E-state index in [0.29, 0.717) is 0 Å². The van der Waals surface area contributed by atoms with E-state index < -0.39 is 0 Å². The van der Waals surface area contributed by atoms with E-state index in [1.807, 2.05) is 0 Å². The van der Waals surface area contributed by atoms with E-state index in [2.05, 4.69) is 35.1 Å². The molecule has 0 saturated carbocycles. The lowest BCUT2D eigenvalue weighted by Crippen LogP contribution is -2.18. The minimum atomic E-state index is 1.17. The summed E-state index contributed by atoms with van der Waals surface area (Å²) in [6, 6.07) is 4.45. The van der Waals surface area contributed by atoms with Crippen LogP contribution >= 0.6 is 0 Å². The van der Waals surface area contributed by atoms with Gasteiger partial charge in [-0.05, 0) is 37.3 Å². The van der Waals surface area contributed by atoms with Crippen LogP contribution in [0.4, 0.5) is 5.82 Å². The van der Waals surface area contributed by atoms with Crippen molar-refractivity contribution in [2.45, 2.75) is 51.9 Å². The zero-order valence-corrected chi connectivity index (χ0v) is 11.0. The Morgan fingerprint density at radius 2 is 1.94 bits per heavy atom. The van der Waals surface area contributed by atoms with Crippen LogP contribution in [0.1, 0.15) is 51.0 Å². The van der Waals surface area contributed by atoms with Gasteiger partial charge in [0.1, 0.15) is 5.82 Å². The molecule has 17 heavy (non-hydrogen) atoms. The number of anilines is 1. The second-order valence-electron chi connectivity index (χ2n) is 5.03. The molecular formula is C15H24N2. The fourth-order valence-electron chi connectivity index (χ4n) is 2.45. The highest BCUT2D eigenvalue weighted by Crippen LogP contribution is 2.18. The molecule has 1 aromatic rings. The van der Waals surface area contributed by atoms with E-state index in [1.54, 1.807) is 0 Å². The molecule has 0 radical (unpaired) electrons. The monoisotopic (exact) mass is 232 g/mol. The number of hydrogen-bond donors (Lipinski definition) is 0. The molecule has 2 rings (SSSR count). The maximum atomic E-state index is 4.59. The lowest BCUT2D eigenvalue weighted by molar-refractivity contribution is 0.666. The maximum Gasteiger partial charge on any atom is 0.128 e. The minimum Gasteiger partial charge on any atom is -0.357 e.